The van der Waals surface area contributed by atoms with Crippen molar-refractivity contribution in [2.75, 3.05) is 11.5 Å². The van der Waals surface area contributed by atoms with Gasteiger partial charge in [-0.2, -0.15) is 8.78 Å². The van der Waals surface area contributed by atoms with E-state index >= 15 is 0 Å². The minimum absolute atomic E-state index is 0.138. The molecule has 3 aromatic rings. The Balaban J connectivity index is 1.49. The number of carbonyl (C=O) groups is 1. The lowest BCUT2D eigenvalue weighted by molar-refractivity contribution is -0.208. The Morgan fingerprint density at radius 3 is 2.83 bits per heavy atom. The number of ether oxygens (including phenoxy) is 2. The zero-order valence-electron chi connectivity index (χ0n) is 16.3. The molecule has 0 radical (unpaired) electrons. The van der Waals surface area contributed by atoms with Gasteiger partial charge in [-0.25, -0.2) is 9.97 Å². The van der Waals surface area contributed by atoms with E-state index < -0.39 is 12.7 Å². The predicted molar refractivity (Wildman–Crippen MR) is 104 cm³/mol. The van der Waals surface area contributed by atoms with E-state index in [0.29, 0.717) is 28.5 Å². The van der Waals surface area contributed by atoms with E-state index in [1.165, 1.54) is 11.0 Å². The molecule has 2 aromatic heterocycles. The summed E-state index contributed by atoms with van der Waals surface area (Å²) in [5.74, 6) is 0.894. The van der Waals surface area contributed by atoms with Crippen LogP contribution in [-0.4, -0.2) is 33.2 Å². The van der Waals surface area contributed by atoms with Crippen LogP contribution in [0.5, 0.6) is 11.5 Å². The lowest BCUT2D eigenvalue weighted by atomic mass is 10.1. The second-order valence-electron chi connectivity index (χ2n) is 7.51. The number of hydrogen-bond acceptors (Lipinski definition) is 5. The largest absolute Gasteiger partial charge is 0.479 e. The van der Waals surface area contributed by atoms with Crippen molar-refractivity contribution in [3.8, 4) is 23.0 Å². The molecular formula is C21H18F2N4O3. The fraction of sp³-hybridized carbons (Fsp3) is 0.286. The van der Waals surface area contributed by atoms with Crippen molar-refractivity contribution >= 4 is 11.7 Å². The topological polar surface area (TPSA) is 69.5 Å². The third-order valence-corrected chi connectivity index (χ3v) is 5.09. The van der Waals surface area contributed by atoms with Gasteiger partial charge in [0.15, 0.2) is 23.9 Å². The maximum atomic E-state index is 13.5. The summed E-state index contributed by atoms with van der Waals surface area (Å²) in [5.41, 5.74) is 1.61. The fourth-order valence-electron chi connectivity index (χ4n) is 3.68. The van der Waals surface area contributed by atoms with Crippen molar-refractivity contribution in [3.05, 3.63) is 53.9 Å². The van der Waals surface area contributed by atoms with Crippen LogP contribution < -0.4 is 14.4 Å². The number of amides is 1. The Morgan fingerprint density at radius 1 is 1.20 bits per heavy atom. The highest BCUT2D eigenvalue weighted by Gasteiger charge is 2.40. The third-order valence-electron chi connectivity index (χ3n) is 5.09. The third kappa shape index (κ3) is 2.97. The van der Waals surface area contributed by atoms with Crippen LogP contribution in [0.25, 0.3) is 11.5 Å². The SMILES string of the molecule is CC(C)n1ccnc1-c1cccc(N2Cc3cc4c(cc3C2=O)OC(F)(F)CO4)n1. The summed E-state index contributed by atoms with van der Waals surface area (Å²) < 4.78 is 38.8. The molecule has 0 unspecified atom stereocenters. The molecule has 2 aliphatic heterocycles. The van der Waals surface area contributed by atoms with Gasteiger partial charge in [0.05, 0.1) is 6.54 Å². The average Bonchev–Trinajstić information content (AvgIpc) is 3.32. The molecule has 0 saturated heterocycles. The first-order valence-corrected chi connectivity index (χ1v) is 9.51. The summed E-state index contributed by atoms with van der Waals surface area (Å²) in [6, 6.07) is 8.47. The van der Waals surface area contributed by atoms with Gasteiger partial charge in [0.2, 0.25) is 0 Å². The van der Waals surface area contributed by atoms with Crippen LogP contribution in [-0.2, 0) is 6.54 Å². The molecule has 1 amide bonds. The zero-order chi connectivity index (χ0) is 21.0. The van der Waals surface area contributed by atoms with Gasteiger partial charge in [0.1, 0.15) is 11.5 Å². The number of nitrogens with zero attached hydrogens (tertiary/aromatic N) is 4. The van der Waals surface area contributed by atoms with Crippen molar-refractivity contribution in [1.29, 1.82) is 0 Å². The maximum Gasteiger partial charge on any atom is 0.433 e. The molecule has 0 saturated carbocycles. The summed E-state index contributed by atoms with van der Waals surface area (Å²) in [7, 11) is 0. The van der Waals surface area contributed by atoms with E-state index in [9.17, 15) is 13.6 Å². The molecule has 0 bridgehead atoms. The highest BCUT2D eigenvalue weighted by atomic mass is 19.3. The van der Waals surface area contributed by atoms with Crippen LogP contribution in [0, 0.1) is 0 Å². The van der Waals surface area contributed by atoms with Crippen LogP contribution in [0.2, 0.25) is 0 Å². The summed E-state index contributed by atoms with van der Waals surface area (Å²) in [5, 5.41) is 0. The normalized spacial score (nSPS) is 16.8. The second kappa shape index (κ2) is 6.51. The molecule has 0 atom stereocenters. The summed E-state index contributed by atoms with van der Waals surface area (Å²) in [6.45, 7) is 3.50. The number of aromatic nitrogens is 3. The monoisotopic (exact) mass is 412 g/mol. The lowest BCUT2D eigenvalue weighted by Gasteiger charge is -2.25. The minimum atomic E-state index is -3.42. The van der Waals surface area contributed by atoms with E-state index in [4.69, 9.17) is 4.74 Å². The first-order chi connectivity index (χ1) is 14.3. The first-order valence-electron chi connectivity index (χ1n) is 9.51. The van der Waals surface area contributed by atoms with Crippen molar-refractivity contribution in [2.24, 2.45) is 0 Å². The number of rotatable bonds is 3. The van der Waals surface area contributed by atoms with Gasteiger partial charge in [-0.3, -0.25) is 9.69 Å². The fourth-order valence-corrected chi connectivity index (χ4v) is 3.68. The van der Waals surface area contributed by atoms with Crippen LogP contribution >= 0.6 is 0 Å². The number of carbonyl (C=O) groups excluding carboxylic acids is 1. The number of imidazole rings is 1. The molecule has 1 aromatic carbocycles. The smallest absolute Gasteiger partial charge is 0.433 e. The molecule has 0 fully saturated rings. The van der Waals surface area contributed by atoms with Gasteiger partial charge >= 0.3 is 6.11 Å². The Labute approximate surface area is 170 Å². The zero-order valence-corrected chi connectivity index (χ0v) is 16.3. The number of anilines is 1. The Bertz CT molecular complexity index is 1160. The highest BCUT2D eigenvalue weighted by Crippen LogP contribution is 2.41. The molecule has 5 rings (SSSR count). The summed E-state index contributed by atoms with van der Waals surface area (Å²) in [6.07, 6.45) is 0.170. The number of fused-ring (bicyclic) bond motifs is 2. The molecule has 7 nitrogen and oxygen atoms in total. The number of alkyl halides is 2. The quantitative estimate of drug-likeness (QED) is 0.649. The van der Waals surface area contributed by atoms with Crippen LogP contribution in [0.1, 0.15) is 35.8 Å². The van der Waals surface area contributed by atoms with Gasteiger partial charge in [-0.15, -0.1) is 0 Å². The number of benzene rings is 1. The van der Waals surface area contributed by atoms with Gasteiger partial charge < -0.3 is 14.0 Å². The Morgan fingerprint density at radius 2 is 2.03 bits per heavy atom. The summed E-state index contributed by atoms with van der Waals surface area (Å²) in [4.78, 5) is 23.5. The Hall–Kier alpha value is -3.49. The molecule has 154 valence electrons. The van der Waals surface area contributed by atoms with Crippen LogP contribution in [0.4, 0.5) is 14.6 Å². The van der Waals surface area contributed by atoms with E-state index in [0.717, 1.165) is 0 Å². The van der Waals surface area contributed by atoms with Gasteiger partial charge in [0, 0.05) is 24.0 Å². The first kappa shape index (κ1) is 18.5. The van der Waals surface area contributed by atoms with E-state index in [2.05, 4.69) is 14.7 Å². The minimum Gasteiger partial charge on any atom is -0.479 e. The van der Waals surface area contributed by atoms with E-state index in [1.807, 2.05) is 36.7 Å². The average molecular weight is 412 g/mol. The highest BCUT2D eigenvalue weighted by molar-refractivity contribution is 6.10. The molecule has 9 heteroatoms. The lowest BCUT2D eigenvalue weighted by Crippen LogP contribution is -2.36. The van der Waals surface area contributed by atoms with Gasteiger partial charge in [0.25, 0.3) is 5.91 Å². The van der Waals surface area contributed by atoms with Crippen LogP contribution in [0.3, 0.4) is 0 Å². The Kier molecular flexibility index (Phi) is 4.02. The maximum absolute atomic E-state index is 13.5. The van der Waals surface area contributed by atoms with Crippen LogP contribution in [0.15, 0.2) is 42.7 Å². The predicted octanol–water partition coefficient (Wildman–Crippen LogP) is 4.05. The number of halogens is 2. The number of hydrogen-bond donors (Lipinski definition) is 0. The van der Waals surface area contributed by atoms with Crippen molar-refractivity contribution in [2.45, 2.75) is 32.5 Å². The molecule has 0 spiro atoms. The summed E-state index contributed by atoms with van der Waals surface area (Å²) >= 11 is 0. The molecule has 0 aliphatic carbocycles. The second-order valence-corrected chi connectivity index (χ2v) is 7.51. The number of pyridine rings is 1. The van der Waals surface area contributed by atoms with Gasteiger partial charge in [-0.05, 0) is 43.7 Å². The molecule has 0 N–H and O–H groups in total. The molecule has 4 heterocycles. The molecule has 30 heavy (non-hydrogen) atoms. The molecular weight excluding hydrogens is 394 g/mol. The van der Waals surface area contributed by atoms with Crippen molar-refractivity contribution < 1.29 is 23.0 Å². The molecule has 2 aliphatic rings. The van der Waals surface area contributed by atoms with E-state index in [-0.39, 0.29) is 30.0 Å². The van der Waals surface area contributed by atoms with Gasteiger partial charge in [-0.1, -0.05) is 6.07 Å². The van der Waals surface area contributed by atoms with Crippen molar-refractivity contribution in [1.82, 2.24) is 14.5 Å². The van der Waals surface area contributed by atoms with E-state index in [1.54, 1.807) is 18.3 Å². The standard InChI is InChI=1S/C21H18F2N4O3/c1-12(2)26-7-6-24-19(26)15-4-3-5-18(25-15)27-10-13-8-16-17(9-14(13)20(27)28)30-21(22,23)11-29-16/h3-9,12H,10-11H2,1-2H3. The van der Waals surface area contributed by atoms with Crippen molar-refractivity contribution in [3.63, 3.8) is 0 Å².